The first kappa shape index (κ1) is 23.6. The van der Waals surface area contributed by atoms with Gasteiger partial charge in [-0.3, -0.25) is 14.6 Å². The predicted molar refractivity (Wildman–Crippen MR) is 129 cm³/mol. The predicted octanol–water partition coefficient (Wildman–Crippen LogP) is 4.87. The Morgan fingerprint density at radius 1 is 1.12 bits per heavy atom. The molecule has 0 spiro atoms. The molecule has 34 heavy (non-hydrogen) atoms. The fourth-order valence-corrected chi connectivity index (χ4v) is 4.29. The normalized spacial score (nSPS) is 13.6. The van der Waals surface area contributed by atoms with Gasteiger partial charge in [-0.2, -0.15) is 0 Å². The van der Waals surface area contributed by atoms with Gasteiger partial charge >= 0.3 is 5.97 Å². The fourth-order valence-electron chi connectivity index (χ4n) is 4.29. The van der Waals surface area contributed by atoms with Crippen LogP contribution in [0.25, 0.3) is 11.1 Å². The van der Waals surface area contributed by atoms with Crippen molar-refractivity contribution in [2.24, 2.45) is 11.7 Å². The van der Waals surface area contributed by atoms with Crippen LogP contribution in [0.2, 0.25) is 0 Å². The van der Waals surface area contributed by atoms with Crippen molar-refractivity contribution >= 4 is 17.6 Å². The van der Waals surface area contributed by atoms with Crippen LogP contribution in [-0.2, 0) is 22.5 Å². The van der Waals surface area contributed by atoms with E-state index in [1.165, 1.54) is 25.1 Å². The van der Waals surface area contributed by atoms with Crippen molar-refractivity contribution in [3.05, 3.63) is 83.4 Å². The second-order valence-electron chi connectivity index (χ2n) is 8.60. The Morgan fingerprint density at radius 2 is 1.94 bits per heavy atom. The van der Waals surface area contributed by atoms with E-state index in [9.17, 15) is 14.0 Å². The van der Waals surface area contributed by atoms with Gasteiger partial charge in [0.25, 0.3) is 5.91 Å². The van der Waals surface area contributed by atoms with E-state index in [0.717, 1.165) is 41.3 Å². The third-order valence-electron chi connectivity index (χ3n) is 6.15. The lowest BCUT2D eigenvalue weighted by Gasteiger charge is -2.13. The summed E-state index contributed by atoms with van der Waals surface area (Å²) in [5, 5.41) is 2.57. The van der Waals surface area contributed by atoms with Crippen LogP contribution in [0.5, 0.6) is 0 Å². The van der Waals surface area contributed by atoms with E-state index in [2.05, 4.69) is 10.3 Å². The number of aromatic nitrogens is 1. The summed E-state index contributed by atoms with van der Waals surface area (Å²) in [6, 6.07) is 14.1. The molecule has 6 nitrogen and oxygen atoms in total. The topological polar surface area (TPSA) is 94.3 Å². The summed E-state index contributed by atoms with van der Waals surface area (Å²) in [6.45, 7) is 0.773. The lowest BCUT2D eigenvalue weighted by atomic mass is 9.95. The first-order valence-electron chi connectivity index (χ1n) is 11.5. The summed E-state index contributed by atoms with van der Waals surface area (Å²) in [5.74, 6) is -0.809. The average molecular weight is 462 g/mol. The monoisotopic (exact) mass is 461 g/mol. The van der Waals surface area contributed by atoms with Gasteiger partial charge in [0.15, 0.2) is 5.82 Å². The van der Waals surface area contributed by atoms with Gasteiger partial charge in [0, 0.05) is 18.3 Å². The summed E-state index contributed by atoms with van der Waals surface area (Å²) in [4.78, 5) is 28.8. The maximum absolute atomic E-state index is 13.9. The molecule has 1 amide bonds. The minimum Gasteiger partial charge on any atom is -0.465 e. The van der Waals surface area contributed by atoms with E-state index in [1.807, 2.05) is 24.3 Å². The SMILES string of the molecule is NCc1ccc(C(=O)Nc2ccncc2F)cc1-c1cccc(CC(=O)OCC2CCCC2)c1. The van der Waals surface area contributed by atoms with Gasteiger partial charge in [0.05, 0.1) is 24.9 Å². The summed E-state index contributed by atoms with van der Waals surface area (Å²) in [6.07, 6.45) is 7.31. The quantitative estimate of drug-likeness (QED) is 0.467. The Kier molecular flexibility index (Phi) is 7.65. The minimum atomic E-state index is -0.609. The largest absolute Gasteiger partial charge is 0.465 e. The summed E-state index contributed by atoms with van der Waals surface area (Å²) in [7, 11) is 0. The second kappa shape index (κ2) is 11.0. The van der Waals surface area contributed by atoms with Crippen LogP contribution in [0, 0.1) is 11.7 Å². The molecule has 3 N–H and O–H groups in total. The summed E-state index contributed by atoms with van der Waals surface area (Å²) < 4.78 is 19.4. The van der Waals surface area contributed by atoms with E-state index in [1.54, 1.807) is 18.2 Å². The zero-order valence-electron chi connectivity index (χ0n) is 18.9. The van der Waals surface area contributed by atoms with Crippen molar-refractivity contribution in [2.45, 2.75) is 38.6 Å². The lowest BCUT2D eigenvalue weighted by molar-refractivity contribution is -0.144. The molecule has 1 heterocycles. The van der Waals surface area contributed by atoms with Gasteiger partial charge in [-0.05, 0) is 59.2 Å². The number of carbonyl (C=O) groups is 2. The number of nitrogens with one attached hydrogen (secondary N) is 1. The molecular formula is C27H28FN3O3. The van der Waals surface area contributed by atoms with Crippen molar-refractivity contribution < 1.29 is 18.7 Å². The van der Waals surface area contributed by atoms with Crippen molar-refractivity contribution in [1.29, 1.82) is 0 Å². The molecule has 7 heteroatoms. The smallest absolute Gasteiger partial charge is 0.310 e. The average Bonchev–Trinajstić information content (AvgIpc) is 3.38. The van der Waals surface area contributed by atoms with Crippen molar-refractivity contribution in [3.8, 4) is 11.1 Å². The van der Waals surface area contributed by atoms with Gasteiger partial charge in [-0.25, -0.2) is 4.39 Å². The second-order valence-corrected chi connectivity index (χ2v) is 8.60. The highest BCUT2D eigenvalue weighted by Crippen LogP contribution is 2.28. The van der Waals surface area contributed by atoms with Crippen molar-refractivity contribution in [1.82, 2.24) is 4.98 Å². The molecule has 0 aliphatic heterocycles. The highest BCUT2D eigenvalue weighted by atomic mass is 19.1. The number of amides is 1. The molecule has 1 saturated carbocycles. The van der Waals surface area contributed by atoms with Crippen LogP contribution in [0.1, 0.15) is 47.2 Å². The number of halogens is 1. The number of hydrogen-bond acceptors (Lipinski definition) is 5. The Hall–Kier alpha value is -3.58. The van der Waals surface area contributed by atoms with Gasteiger partial charge in [-0.15, -0.1) is 0 Å². The zero-order valence-corrected chi connectivity index (χ0v) is 18.9. The minimum absolute atomic E-state index is 0.0579. The molecule has 1 aromatic heterocycles. The number of ether oxygens (including phenoxy) is 1. The van der Waals surface area contributed by atoms with E-state index >= 15 is 0 Å². The van der Waals surface area contributed by atoms with Gasteiger partial charge in [0.2, 0.25) is 0 Å². The van der Waals surface area contributed by atoms with Gasteiger partial charge in [-0.1, -0.05) is 43.2 Å². The van der Waals surface area contributed by atoms with Crippen LogP contribution in [-0.4, -0.2) is 23.5 Å². The van der Waals surface area contributed by atoms with Crippen LogP contribution in [0.3, 0.4) is 0 Å². The molecule has 0 unspecified atom stereocenters. The fraction of sp³-hybridized carbons (Fsp3) is 0.296. The molecule has 1 aliphatic carbocycles. The maximum Gasteiger partial charge on any atom is 0.310 e. The number of hydrogen-bond donors (Lipinski definition) is 2. The molecule has 1 fully saturated rings. The number of nitrogens with zero attached hydrogens (tertiary/aromatic N) is 1. The van der Waals surface area contributed by atoms with Crippen LogP contribution in [0.4, 0.5) is 10.1 Å². The maximum atomic E-state index is 13.9. The highest BCUT2D eigenvalue weighted by molar-refractivity contribution is 6.05. The molecule has 0 radical (unpaired) electrons. The van der Waals surface area contributed by atoms with Gasteiger partial charge in [0.1, 0.15) is 0 Å². The molecule has 0 atom stereocenters. The van der Waals surface area contributed by atoms with Crippen LogP contribution >= 0.6 is 0 Å². The highest BCUT2D eigenvalue weighted by Gasteiger charge is 2.18. The van der Waals surface area contributed by atoms with E-state index < -0.39 is 11.7 Å². The molecule has 3 aromatic rings. The number of pyridine rings is 1. The van der Waals surface area contributed by atoms with Crippen LogP contribution < -0.4 is 11.1 Å². The standard InChI is InChI=1S/C27H28FN3O3/c28-24-16-30-11-10-25(24)31-27(33)21-8-9-22(15-29)23(14-21)20-7-3-6-19(12-20)13-26(32)34-17-18-4-1-2-5-18/h3,6-12,14,16,18H,1-2,4-5,13,15,17,29H2,(H,30,31,33). The number of carbonyl (C=O) groups excluding carboxylic acids is 2. The molecular weight excluding hydrogens is 433 g/mol. The lowest BCUT2D eigenvalue weighted by Crippen LogP contribution is -2.14. The molecule has 0 saturated heterocycles. The molecule has 0 bridgehead atoms. The molecule has 176 valence electrons. The van der Waals surface area contributed by atoms with Crippen LogP contribution in [0.15, 0.2) is 60.9 Å². The van der Waals surface area contributed by atoms with E-state index in [0.29, 0.717) is 18.1 Å². The Balaban J connectivity index is 1.50. The molecule has 4 rings (SSSR count). The summed E-state index contributed by atoms with van der Waals surface area (Å²) in [5.41, 5.74) is 9.67. The third-order valence-corrected chi connectivity index (χ3v) is 6.15. The van der Waals surface area contributed by atoms with Gasteiger partial charge < -0.3 is 15.8 Å². The number of benzene rings is 2. The summed E-state index contributed by atoms with van der Waals surface area (Å²) >= 11 is 0. The number of nitrogens with two attached hydrogens (primary N) is 1. The number of anilines is 1. The number of esters is 1. The zero-order chi connectivity index (χ0) is 23.9. The first-order valence-corrected chi connectivity index (χ1v) is 11.5. The van der Waals surface area contributed by atoms with Crippen molar-refractivity contribution in [3.63, 3.8) is 0 Å². The van der Waals surface area contributed by atoms with Crippen molar-refractivity contribution in [2.75, 3.05) is 11.9 Å². The molecule has 2 aromatic carbocycles. The Bertz CT molecular complexity index is 1180. The first-order chi connectivity index (χ1) is 16.5. The Morgan fingerprint density at radius 3 is 2.71 bits per heavy atom. The Labute approximate surface area is 198 Å². The van der Waals surface area contributed by atoms with E-state index in [4.69, 9.17) is 10.5 Å². The number of rotatable bonds is 8. The third kappa shape index (κ3) is 5.85. The van der Waals surface area contributed by atoms with E-state index in [-0.39, 0.29) is 24.6 Å². The molecule has 1 aliphatic rings.